The topological polar surface area (TPSA) is 76.4 Å². The SMILES string of the molecule is CCC(NC(=O)CO)C(Oc1ccc2c(cnn2-c2ccc(F)cc2)c1)c1ccccc1. The summed E-state index contributed by atoms with van der Waals surface area (Å²) in [4.78, 5) is 11.9. The molecule has 0 saturated heterocycles. The molecule has 1 amide bonds. The van der Waals surface area contributed by atoms with Crippen LogP contribution in [0.25, 0.3) is 16.6 Å². The number of nitrogens with one attached hydrogen (secondary N) is 1. The molecular weight excluding hydrogens is 409 g/mol. The quantitative estimate of drug-likeness (QED) is 0.437. The molecule has 2 atom stereocenters. The van der Waals surface area contributed by atoms with E-state index in [1.165, 1.54) is 12.1 Å². The Morgan fingerprint density at radius 3 is 2.56 bits per heavy atom. The van der Waals surface area contributed by atoms with Gasteiger partial charge in [0.2, 0.25) is 5.91 Å². The molecular formula is C25H24FN3O3. The molecule has 4 rings (SSSR count). The maximum Gasteiger partial charge on any atom is 0.246 e. The van der Waals surface area contributed by atoms with Gasteiger partial charge in [0.25, 0.3) is 0 Å². The van der Waals surface area contributed by atoms with Gasteiger partial charge in [0.05, 0.1) is 23.4 Å². The van der Waals surface area contributed by atoms with Crippen molar-refractivity contribution in [3.05, 3.63) is 90.4 Å². The lowest BCUT2D eigenvalue weighted by atomic mass is 9.99. The van der Waals surface area contributed by atoms with Crippen LogP contribution in [-0.2, 0) is 4.79 Å². The van der Waals surface area contributed by atoms with Crippen LogP contribution in [0.2, 0.25) is 0 Å². The van der Waals surface area contributed by atoms with Gasteiger partial charge in [-0.2, -0.15) is 5.10 Å². The Morgan fingerprint density at radius 2 is 1.88 bits per heavy atom. The zero-order valence-electron chi connectivity index (χ0n) is 17.6. The number of amides is 1. The Hall–Kier alpha value is -3.71. The minimum absolute atomic E-state index is 0.299. The van der Waals surface area contributed by atoms with Crippen molar-refractivity contribution >= 4 is 16.8 Å². The molecule has 4 aromatic rings. The van der Waals surface area contributed by atoms with Gasteiger partial charge in [0, 0.05) is 5.39 Å². The largest absolute Gasteiger partial charge is 0.484 e. The van der Waals surface area contributed by atoms with Crippen molar-refractivity contribution in [1.82, 2.24) is 15.1 Å². The van der Waals surface area contributed by atoms with Crippen molar-refractivity contribution in [3.8, 4) is 11.4 Å². The molecule has 0 bridgehead atoms. The number of hydrogen-bond donors (Lipinski definition) is 2. The number of aliphatic hydroxyl groups is 1. The highest BCUT2D eigenvalue weighted by Crippen LogP contribution is 2.29. The summed E-state index contributed by atoms with van der Waals surface area (Å²) in [5.41, 5.74) is 2.54. The van der Waals surface area contributed by atoms with Crippen molar-refractivity contribution in [2.45, 2.75) is 25.5 Å². The van der Waals surface area contributed by atoms with Gasteiger partial charge in [-0.1, -0.05) is 37.3 Å². The van der Waals surface area contributed by atoms with E-state index in [2.05, 4.69) is 10.4 Å². The van der Waals surface area contributed by atoms with E-state index >= 15 is 0 Å². The van der Waals surface area contributed by atoms with Crippen molar-refractivity contribution in [2.75, 3.05) is 6.61 Å². The first-order valence-electron chi connectivity index (χ1n) is 10.4. The summed E-state index contributed by atoms with van der Waals surface area (Å²) in [6.07, 6.45) is 1.91. The fourth-order valence-corrected chi connectivity index (χ4v) is 3.69. The second-order valence-corrected chi connectivity index (χ2v) is 7.44. The Morgan fingerprint density at radius 1 is 1.12 bits per heavy atom. The predicted octanol–water partition coefficient (Wildman–Crippen LogP) is 4.17. The highest BCUT2D eigenvalue weighted by atomic mass is 19.1. The van der Waals surface area contributed by atoms with Crippen molar-refractivity contribution in [3.63, 3.8) is 0 Å². The van der Waals surface area contributed by atoms with Gasteiger partial charge >= 0.3 is 0 Å². The summed E-state index contributed by atoms with van der Waals surface area (Å²) in [6, 6.07) is 21.1. The van der Waals surface area contributed by atoms with E-state index in [1.807, 2.05) is 55.5 Å². The smallest absolute Gasteiger partial charge is 0.246 e. The highest BCUT2D eigenvalue weighted by Gasteiger charge is 2.25. The molecule has 3 aromatic carbocycles. The zero-order valence-corrected chi connectivity index (χ0v) is 17.6. The van der Waals surface area contributed by atoms with Gasteiger partial charge in [-0.25, -0.2) is 9.07 Å². The maximum atomic E-state index is 13.3. The Kier molecular flexibility index (Phi) is 6.47. The van der Waals surface area contributed by atoms with E-state index in [4.69, 9.17) is 9.84 Å². The number of benzene rings is 3. The predicted molar refractivity (Wildman–Crippen MR) is 120 cm³/mol. The van der Waals surface area contributed by atoms with E-state index in [0.29, 0.717) is 12.2 Å². The minimum atomic E-state index is -0.577. The molecule has 32 heavy (non-hydrogen) atoms. The van der Waals surface area contributed by atoms with Crippen LogP contribution in [0.4, 0.5) is 4.39 Å². The number of rotatable bonds is 8. The van der Waals surface area contributed by atoms with Gasteiger partial charge in [-0.15, -0.1) is 0 Å². The molecule has 1 aromatic heterocycles. The van der Waals surface area contributed by atoms with E-state index < -0.39 is 18.6 Å². The summed E-state index contributed by atoms with van der Waals surface area (Å²) < 4.78 is 21.4. The first kappa shape index (κ1) is 21.5. The van der Waals surface area contributed by atoms with Crippen LogP contribution in [0.1, 0.15) is 25.0 Å². The molecule has 0 fully saturated rings. The number of ether oxygens (including phenoxy) is 1. The summed E-state index contributed by atoms with van der Waals surface area (Å²) in [7, 11) is 0. The van der Waals surface area contributed by atoms with Crippen molar-refractivity contribution in [1.29, 1.82) is 0 Å². The number of fused-ring (bicyclic) bond motifs is 1. The molecule has 7 heteroatoms. The standard InChI is InChI=1S/C25H24FN3O3/c1-2-22(28-24(31)16-30)25(17-6-4-3-5-7-17)32-21-12-13-23-18(14-21)15-27-29(23)20-10-8-19(26)9-11-20/h3-15,22,25,30H,2,16H2,1H3,(H,28,31). The molecule has 0 saturated carbocycles. The minimum Gasteiger partial charge on any atom is -0.484 e. The van der Waals surface area contributed by atoms with Crippen LogP contribution >= 0.6 is 0 Å². The zero-order chi connectivity index (χ0) is 22.5. The van der Waals surface area contributed by atoms with Gasteiger partial charge < -0.3 is 15.2 Å². The Labute approximate surface area is 185 Å². The summed E-state index contributed by atoms with van der Waals surface area (Å²) in [6.45, 7) is 1.38. The summed E-state index contributed by atoms with van der Waals surface area (Å²) in [5.74, 6) is -0.120. The molecule has 0 aliphatic rings. The fraction of sp³-hybridized carbons (Fsp3) is 0.200. The molecule has 2 unspecified atom stereocenters. The van der Waals surface area contributed by atoms with Crippen LogP contribution in [0.5, 0.6) is 5.75 Å². The van der Waals surface area contributed by atoms with Crippen LogP contribution in [-0.4, -0.2) is 33.4 Å². The normalized spacial score (nSPS) is 13.0. The molecule has 0 radical (unpaired) electrons. The van der Waals surface area contributed by atoms with Crippen LogP contribution in [0.15, 0.2) is 79.0 Å². The first-order chi connectivity index (χ1) is 15.6. The van der Waals surface area contributed by atoms with E-state index in [-0.39, 0.29) is 11.9 Å². The molecule has 6 nitrogen and oxygen atoms in total. The third-order valence-electron chi connectivity index (χ3n) is 5.30. The number of halogens is 1. The summed E-state index contributed by atoms with van der Waals surface area (Å²) >= 11 is 0. The number of carbonyl (C=O) groups excluding carboxylic acids is 1. The van der Waals surface area contributed by atoms with E-state index in [1.54, 1.807) is 23.0 Å². The van der Waals surface area contributed by atoms with Gasteiger partial charge in [-0.3, -0.25) is 4.79 Å². The number of aromatic nitrogens is 2. The average Bonchev–Trinajstić information content (AvgIpc) is 3.25. The lowest BCUT2D eigenvalue weighted by molar-refractivity contribution is -0.125. The highest BCUT2D eigenvalue weighted by molar-refractivity contribution is 5.81. The molecule has 2 N–H and O–H groups in total. The fourth-order valence-electron chi connectivity index (χ4n) is 3.69. The Bertz CT molecular complexity index is 1190. The van der Waals surface area contributed by atoms with Gasteiger partial charge in [0.1, 0.15) is 24.3 Å². The first-order valence-corrected chi connectivity index (χ1v) is 10.4. The molecule has 0 aliphatic heterocycles. The maximum absolute atomic E-state index is 13.3. The van der Waals surface area contributed by atoms with Gasteiger partial charge in [0.15, 0.2) is 0 Å². The lowest BCUT2D eigenvalue weighted by Gasteiger charge is -2.28. The number of nitrogens with zero attached hydrogens (tertiary/aromatic N) is 2. The van der Waals surface area contributed by atoms with Crippen LogP contribution < -0.4 is 10.1 Å². The van der Waals surface area contributed by atoms with E-state index in [0.717, 1.165) is 22.2 Å². The second kappa shape index (κ2) is 9.62. The number of carbonyl (C=O) groups is 1. The second-order valence-electron chi connectivity index (χ2n) is 7.44. The number of hydrogen-bond acceptors (Lipinski definition) is 4. The monoisotopic (exact) mass is 433 g/mol. The van der Waals surface area contributed by atoms with Gasteiger partial charge in [-0.05, 0) is 54.4 Å². The van der Waals surface area contributed by atoms with E-state index in [9.17, 15) is 9.18 Å². The Balaban J connectivity index is 1.65. The number of aliphatic hydroxyl groups excluding tert-OH is 1. The molecule has 0 spiro atoms. The summed E-state index contributed by atoms with van der Waals surface area (Å²) in [5, 5.41) is 17.3. The third-order valence-corrected chi connectivity index (χ3v) is 5.30. The average molecular weight is 433 g/mol. The van der Waals surface area contributed by atoms with Crippen molar-refractivity contribution in [2.24, 2.45) is 0 Å². The van der Waals surface area contributed by atoms with Crippen molar-refractivity contribution < 1.29 is 19.0 Å². The van der Waals surface area contributed by atoms with Crippen LogP contribution in [0, 0.1) is 5.82 Å². The van der Waals surface area contributed by atoms with Crippen LogP contribution in [0.3, 0.4) is 0 Å². The molecule has 1 heterocycles. The third kappa shape index (κ3) is 4.63. The molecule has 164 valence electrons. The lowest BCUT2D eigenvalue weighted by Crippen LogP contribution is -2.42. The molecule has 0 aliphatic carbocycles.